The van der Waals surface area contributed by atoms with Crippen molar-refractivity contribution >= 4 is 15.6 Å². The van der Waals surface area contributed by atoms with Gasteiger partial charge in [-0.1, -0.05) is 12.1 Å². The number of carbonyl (C=O) groups excluding carboxylic acids is 1. The summed E-state index contributed by atoms with van der Waals surface area (Å²) in [5, 5.41) is 18.4. The van der Waals surface area contributed by atoms with Crippen LogP contribution in [-0.2, 0) is 9.84 Å². The maximum atomic E-state index is 13.5. The lowest BCUT2D eigenvalue weighted by Gasteiger charge is -2.06. The average molecular weight is 310 g/mol. The van der Waals surface area contributed by atoms with Gasteiger partial charge in [-0.3, -0.25) is 4.79 Å². The van der Waals surface area contributed by atoms with Gasteiger partial charge in [0.15, 0.2) is 27.1 Å². The molecule has 7 heteroatoms. The highest BCUT2D eigenvalue weighted by molar-refractivity contribution is 7.92. The second-order valence-electron chi connectivity index (χ2n) is 4.32. The summed E-state index contributed by atoms with van der Waals surface area (Å²) < 4.78 is 37.5. The highest BCUT2D eigenvalue weighted by Crippen LogP contribution is 2.25. The van der Waals surface area contributed by atoms with Crippen LogP contribution in [-0.4, -0.2) is 30.2 Å². The molecule has 0 aliphatic rings. The van der Waals surface area contributed by atoms with Crippen LogP contribution in [0.1, 0.15) is 10.4 Å². The van der Waals surface area contributed by atoms with Crippen molar-refractivity contribution < 1.29 is 27.8 Å². The van der Waals surface area contributed by atoms with Crippen molar-refractivity contribution in [1.82, 2.24) is 0 Å². The zero-order valence-electron chi connectivity index (χ0n) is 10.7. The quantitative estimate of drug-likeness (QED) is 0.664. The van der Waals surface area contributed by atoms with Crippen molar-refractivity contribution in [2.75, 3.05) is 5.75 Å². The van der Waals surface area contributed by atoms with Gasteiger partial charge in [-0.25, -0.2) is 12.8 Å². The molecule has 0 aliphatic heterocycles. The first-order chi connectivity index (χ1) is 9.81. The SMILES string of the molecule is O=C(CS(=O)(=O)c1ccccc1F)c1ccc(O)c(O)c1. The lowest BCUT2D eigenvalue weighted by atomic mass is 10.1. The molecule has 0 saturated heterocycles. The molecule has 2 N–H and O–H groups in total. The summed E-state index contributed by atoms with van der Waals surface area (Å²) in [6.45, 7) is 0. The van der Waals surface area contributed by atoms with E-state index in [1.807, 2.05) is 0 Å². The smallest absolute Gasteiger partial charge is 0.188 e. The number of benzene rings is 2. The van der Waals surface area contributed by atoms with Gasteiger partial charge in [0.25, 0.3) is 0 Å². The summed E-state index contributed by atoms with van der Waals surface area (Å²) in [7, 11) is -4.13. The van der Waals surface area contributed by atoms with E-state index in [0.29, 0.717) is 0 Å². The van der Waals surface area contributed by atoms with Gasteiger partial charge in [-0.2, -0.15) is 0 Å². The second-order valence-corrected chi connectivity index (χ2v) is 6.27. The zero-order chi connectivity index (χ0) is 15.6. The highest BCUT2D eigenvalue weighted by atomic mass is 32.2. The van der Waals surface area contributed by atoms with Crippen molar-refractivity contribution in [2.24, 2.45) is 0 Å². The van der Waals surface area contributed by atoms with Gasteiger partial charge in [-0.15, -0.1) is 0 Å². The third kappa shape index (κ3) is 3.19. The fraction of sp³-hybridized carbons (Fsp3) is 0.0714. The molecule has 2 aromatic rings. The molecule has 2 aromatic carbocycles. The van der Waals surface area contributed by atoms with E-state index in [9.17, 15) is 22.7 Å². The molecule has 0 fully saturated rings. The lowest BCUT2D eigenvalue weighted by Crippen LogP contribution is -2.17. The van der Waals surface area contributed by atoms with E-state index in [2.05, 4.69) is 0 Å². The minimum Gasteiger partial charge on any atom is -0.504 e. The minimum atomic E-state index is -4.13. The number of aromatic hydroxyl groups is 2. The molecule has 0 spiro atoms. The molecule has 0 radical (unpaired) electrons. The van der Waals surface area contributed by atoms with E-state index < -0.39 is 43.6 Å². The first-order valence-corrected chi connectivity index (χ1v) is 7.49. The maximum absolute atomic E-state index is 13.5. The molecule has 0 saturated carbocycles. The number of ketones is 1. The number of hydrogen-bond donors (Lipinski definition) is 2. The van der Waals surface area contributed by atoms with E-state index in [1.54, 1.807) is 0 Å². The number of carbonyl (C=O) groups is 1. The van der Waals surface area contributed by atoms with Crippen molar-refractivity contribution in [3.8, 4) is 11.5 Å². The summed E-state index contributed by atoms with van der Waals surface area (Å²) in [6, 6.07) is 7.96. The third-order valence-corrected chi connectivity index (χ3v) is 4.43. The largest absolute Gasteiger partial charge is 0.504 e. The Hall–Kier alpha value is -2.41. The van der Waals surface area contributed by atoms with Gasteiger partial charge in [-0.05, 0) is 30.3 Å². The number of phenols is 2. The zero-order valence-corrected chi connectivity index (χ0v) is 11.5. The summed E-state index contributed by atoms with van der Waals surface area (Å²) in [5.74, 6) is -3.64. The van der Waals surface area contributed by atoms with Crippen molar-refractivity contribution in [2.45, 2.75) is 4.90 Å². The van der Waals surface area contributed by atoms with Crippen molar-refractivity contribution in [3.63, 3.8) is 0 Å². The number of halogens is 1. The average Bonchev–Trinajstić information content (AvgIpc) is 2.41. The molecule has 0 aromatic heterocycles. The molecule has 5 nitrogen and oxygen atoms in total. The van der Waals surface area contributed by atoms with Crippen LogP contribution >= 0.6 is 0 Å². The Labute approximate surface area is 120 Å². The number of Topliss-reactive ketones (excluding diaryl/α,β-unsaturated/α-hetero) is 1. The molecule has 0 heterocycles. The highest BCUT2D eigenvalue weighted by Gasteiger charge is 2.23. The number of rotatable bonds is 4. The first kappa shape index (κ1) is 15.0. The number of phenolic OH excluding ortho intramolecular Hbond substituents is 2. The lowest BCUT2D eigenvalue weighted by molar-refractivity contribution is 0.102. The number of hydrogen-bond acceptors (Lipinski definition) is 5. The monoisotopic (exact) mass is 310 g/mol. The van der Waals surface area contributed by atoms with Crippen molar-refractivity contribution in [3.05, 3.63) is 53.8 Å². The molecule has 2 rings (SSSR count). The molecule has 0 amide bonds. The predicted octanol–water partition coefficient (Wildman–Crippen LogP) is 1.89. The maximum Gasteiger partial charge on any atom is 0.188 e. The molecule has 0 unspecified atom stereocenters. The van der Waals surface area contributed by atoms with Gasteiger partial charge in [0.1, 0.15) is 16.5 Å². The van der Waals surface area contributed by atoms with Crippen LogP contribution in [0, 0.1) is 5.82 Å². The standard InChI is InChI=1S/C14H11FO5S/c15-10-3-1-2-4-14(10)21(19,20)8-13(18)9-5-6-11(16)12(17)7-9/h1-7,16-17H,8H2. The minimum absolute atomic E-state index is 0.0924. The van der Waals surface area contributed by atoms with Gasteiger partial charge in [0.05, 0.1) is 0 Å². The summed E-state index contributed by atoms with van der Waals surface area (Å²) >= 11 is 0. The fourth-order valence-corrected chi connectivity index (χ4v) is 3.05. The topological polar surface area (TPSA) is 91.7 Å². The molecule has 21 heavy (non-hydrogen) atoms. The second kappa shape index (κ2) is 5.53. The molecular formula is C14H11FO5S. The molecule has 0 aliphatic carbocycles. The first-order valence-electron chi connectivity index (χ1n) is 5.84. The Morgan fingerprint density at radius 1 is 1.05 bits per heavy atom. The van der Waals surface area contributed by atoms with Crippen LogP contribution in [0.25, 0.3) is 0 Å². The van der Waals surface area contributed by atoms with Crippen LogP contribution in [0.3, 0.4) is 0 Å². The Balaban J connectivity index is 2.30. The van der Waals surface area contributed by atoms with E-state index in [1.165, 1.54) is 18.2 Å². The third-order valence-electron chi connectivity index (χ3n) is 2.79. The Bertz CT molecular complexity index is 799. The van der Waals surface area contributed by atoms with Crippen LogP contribution in [0.2, 0.25) is 0 Å². The molecular weight excluding hydrogens is 299 g/mol. The Kier molecular flexibility index (Phi) is 3.95. The normalized spacial score (nSPS) is 11.3. The Morgan fingerprint density at radius 2 is 1.71 bits per heavy atom. The van der Waals surface area contributed by atoms with Crippen LogP contribution < -0.4 is 0 Å². The van der Waals surface area contributed by atoms with E-state index >= 15 is 0 Å². The van der Waals surface area contributed by atoms with Gasteiger partial charge >= 0.3 is 0 Å². The summed E-state index contributed by atoms with van der Waals surface area (Å²) in [4.78, 5) is 11.4. The predicted molar refractivity (Wildman–Crippen MR) is 72.6 cm³/mol. The van der Waals surface area contributed by atoms with Crippen LogP contribution in [0.4, 0.5) is 4.39 Å². The summed E-state index contributed by atoms with van der Waals surface area (Å²) in [6.07, 6.45) is 0. The van der Waals surface area contributed by atoms with E-state index in [4.69, 9.17) is 5.11 Å². The Morgan fingerprint density at radius 3 is 2.33 bits per heavy atom. The molecule has 110 valence electrons. The molecule has 0 bridgehead atoms. The molecule has 0 atom stereocenters. The fourth-order valence-electron chi connectivity index (χ4n) is 1.73. The van der Waals surface area contributed by atoms with Crippen molar-refractivity contribution in [1.29, 1.82) is 0 Å². The van der Waals surface area contributed by atoms with E-state index in [0.717, 1.165) is 24.3 Å². The van der Waals surface area contributed by atoms with Crippen LogP contribution in [0.15, 0.2) is 47.4 Å². The van der Waals surface area contributed by atoms with Gasteiger partial charge in [0, 0.05) is 5.56 Å². The van der Waals surface area contributed by atoms with E-state index in [-0.39, 0.29) is 5.56 Å². The van der Waals surface area contributed by atoms with Gasteiger partial charge in [0.2, 0.25) is 0 Å². The summed E-state index contributed by atoms with van der Waals surface area (Å²) in [5.41, 5.74) is -0.0924. The van der Waals surface area contributed by atoms with Gasteiger partial charge < -0.3 is 10.2 Å². The van der Waals surface area contributed by atoms with Crippen LogP contribution in [0.5, 0.6) is 11.5 Å². The number of sulfone groups is 1.